The van der Waals surface area contributed by atoms with Crippen molar-refractivity contribution < 1.29 is 17.9 Å². The molecule has 0 atom stereocenters. The minimum absolute atomic E-state index is 0.259. The molecule has 0 aromatic heterocycles. The SMILES string of the molecule is Nc1ccc(CCCOCCC(F)(F)F)cc1. The van der Waals surface area contributed by atoms with E-state index in [1.165, 1.54) is 0 Å². The number of benzene rings is 1. The van der Waals surface area contributed by atoms with Crippen LogP contribution in [0, 0.1) is 0 Å². The van der Waals surface area contributed by atoms with Gasteiger partial charge >= 0.3 is 6.18 Å². The molecule has 96 valence electrons. The Hall–Kier alpha value is -1.23. The van der Waals surface area contributed by atoms with Crippen molar-refractivity contribution in [3.8, 4) is 0 Å². The van der Waals surface area contributed by atoms with Gasteiger partial charge in [-0.1, -0.05) is 12.1 Å². The van der Waals surface area contributed by atoms with E-state index < -0.39 is 12.6 Å². The summed E-state index contributed by atoms with van der Waals surface area (Å²) in [5.41, 5.74) is 7.34. The Kier molecular flexibility index (Phi) is 5.28. The molecule has 2 nitrogen and oxygen atoms in total. The molecule has 0 saturated carbocycles. The zero-order chi connectivity index (χ0) is 12.7. The second-order valence-corrected chi connectivity index (χ2v) is 3.82. The topological polar surface area (TPSA) is 35.2 Å². The molecular formula is C12H16F3NO. The maximum Gasteiger partial charge on any atom is 0.391 e. The number of ether oxygens (including phenoxy) is 1. The number of halogens is 3. The van der Waals surface area contributed by atoms with Crippen LogP contribution in [0.2, 0.25) is 0 Å². The molecule has 17 heavy (non-hydrogen) atoms. The highest BCUT2D eigenvalue weighted by Gasteiger charge is 2.26. The van der Waals surface area contributed by atoms with Gasteiger partial charge in [0.1, 0.15) is 0 Å². The predicted octanol–water partition coefficient (Wildman–Crippen LogP) is 3.17. The minimum atomic E-state index is -4.13. The summed E-state index contributed by atoms with van der Waals surface area (Å²) in [6.45, 7) is 0.0890. The smallest absolute Gasteiger partial charge is 0.391 e. The van der Waals surface area contributed by atoms with Crippen molar-refractivity contribution in [2.75, 3.05) is 18.9 Å². The van der Waals surface area contributed by atoms with Crippen LogP contribution in [0.15, 0.2) is 24.3 Å². The van der Waals surface area contributed by atoms with E-state index in [1.54, 1.807) is 12.1 Å². The first-order valence-electron chi connectivity index (χ1n) is 5.46. The highest BCUT2D eigenvalue weighted by molar-refractivity contribution is 5.39. The zero-order valence-corrected chi connectivity index (χ0v) is 9.46. The second-order valence-electron chi connectivity index (χ2n) is 3.82. The summed E-state index contributed by atoms with van der Waals surface area (Å²) in [4.78, 5) is 0. The maximum atomic E-state index is 11.8. The monoisotopic (exact) mass is 247 g/mol. The molecule has 0 bridgehead atoms. The van der Waals surface area contributed by atoms with Crippen LogP contribution in [0.5, 0.6) is 0 Å². The summed E-state index contributed by atoms with van der Waals surface area (Å²) in [7, 11) is 0. The molecule has 0 aliphatic carbocycles. The van der Waals surface area contributed by atoms with Crippen LogP contribution < -0.4 is 5.73 Å². The van der Waals surface area contributed by atoms with Gasteiger partial charge in [-0.05, 0) is 30.5 Å². The maximum absolute atomic E-state index is 11.8. The van der Waals surface area contributed by atoms with Crippen molar-refractivity contribution in [3.05, 3.63) is 29.8 Å². The van der Waals surface area contributed by atoms with Crippen molar-refractivity contribution in [1.29, 1.82) is 0 Å². The quantitative estimate of drug-likeness (QED) is 0.619. The van der Waals surface area contributed by atoms with E-state index in [2.05, 4.69) is 0 Å². The number of hydrogen-bond donors (Lipinski definition) is 1. The largest absolute Gasteiger partial charge is 0.399 e. The average Bonchev–Trinajstić information content (AvgIpc) is 2.24. The molecule has 0 amide bonds. The molecule has 0 saturated heterocycles. The third-order valence-corrected chi connectivity index (χ3v) is 2.26. The van der Waals surface area contributed by atoms with E-state index in [-0.39, 0.29) is 6.61 Å². The van der Waals surface area contributed by atoms with Crippen LogP contribution in [-0.2, 0) is 11.2 Å². The average molecular weight is 247 g/mol. The lowest BCUT2D eigenvalue weighted by Gasteiger charge is -2.07. The fourth-order valence-corrected chi connectivity index (χ4v) is 1.35. The van der Waals surface area contributed by atoms with Crippen molar-refractivity contribution in [2.24, 2.45) is 0 Å². The Bertz CT molecular complexity index is 322. The molecule has 1 aromatic rings. The summed E-state index contributed by atoms with van der Waals surface area (Å²) < 4.78 is 40.2. The Morgan fingerprint density at radius 2 is 1.71 bits per heavy atom. The van der Waals surface area contributed by atoms with Gasteiger partial charge in [-0.25, -0.2) is 0 Å². The van der Waals surface area contributed by atoms with Crippen LogP contribution in [0.1, 0.15) is 18.4 Å². The third-order valence-electron chi connectivity index (χ3n) is 2.26. The van der Waals surface area contributed by atoms with Gasteiger partial charge in [0.15, 0.2) is 0 Å². The Morgan fingerprint density at radius 3 is 2.29 bits per heavy atom. The Labute approximate surface area is 98.6 Å². The van der Waals surface area contributed by atoms with E-state index >= 15 is 0 Å². The first kappa shape index (κ1) is 13.8. The fourth-order valence-electron chi connectivity index (χ4n) is 1.35. The van der Waals surface area contributed by atoms with Crippen molar-refractivity contribution in [1.82, 2.24) is 0 Å². The van der Waals surface area contributed by atoms with E-state index in [1.807, 2.05) is 12.1 Å². The van der Waals surface area contributed by atoms with Crippen LogP contribution >= 0.6 is 0 Å². The van der Waals surface area contributed by atoms with Gasteiger partial charge in [0.05, 0.1) is 13.0 Å². The van der Waals surface area contributed by atoms with Crippen molar-refractivity contribution >= 4 is 5.69 Å². The van der Waals surface area contributed by atoms with E-state index in [4.69, 9.17) is 10.5 Å². The summed E-state index contributed by atoms with van der Waals surface area (Å²) in [5.74, 6) is 0. The van der Waals surface area contributed by atoms with Gasteiger partial charge in [0.2, 0.25) is 0 Å². The highest BCUT2D eigenvalue weighted by Crippen LogP contribution is 2.19. The highest BCUT2D eigenvalue weighted by atomic mass is 19.4. The second kappa shape index (κ2) is 6.49. The molecule has 1 aromatic carbocycles. The number of nitrogens with two attached hydrogens (primary N) is 1. The Morgan fingerprint density at radius 1 is 1.06 bits per heavy atom. The molecule has 0 fully saturated rings. The molecule has 0 radical (unpaired) electrons. The van der Waals surface area contributed by atoms with Gasteiger partial charge in [0, 0.05) is 12.3 Å². The van der Waals surface area contributed by atoms with Gasteiger partial charge in [-0.3, -0.25) is 0 Å². The molecule has 2 N–H and O–H groups in total. The Balaban J connectivity index is 2.07. The van der Waals surface area contributed by atoms with Gasteiger partial charge in [-0.15, -0.1) is 0 Å². The number of aryl methyl sites for hydroxylation is 1. The fraction of sp³-hybridized carbons (Fsp3) is 0.500. The molecule has 0 aliphatic rings. The van der Waals surface area contributed by atoms with E-state index in [0.29, 0.717) is 18.7 Å². The summed E-state index contributed by atoms with van der Waals surface area (Å²) >= 11 is 0. The van der Waals surface area contributed by atoms with Crippen LogP contribution in [0.4, 0.5) is 18.9 Å². The van der Waals surface area contributed by atoms with Gasteiger partial charge in [-0.2, -0.15) is 13.2 Å². The normalized spacial score (nSPS) is 11.7. The zero-order valence-electron chi connectivity index (χ0n) is 9.46. The molecule has 1 rings (SSSR count). The molecule has 0 spiro atoms. The van der Waals surface area contributed by atoms with Crippen molar-refractivity contribution in [2.45, 2.75) is 25.4 Å². The molecule has 0 unspecified atom stereocenters. The van der Waals surface area contributed by atoms with Crippen LogP contribution in [0.3, 0.4) is 0 Å². The lowest BCUT2D eigenvalue weighted by molar-refractivity contribution is -0.145. The summed E-state index contributed by atoms with van der Waals surface area (Å²) in [6.07, 6.45) is -3.51. The van der Waals surface area contributed by atoms with E-state index in [9.17, 15) is 13.2 Å². The van der Waals surface area contributed by atoms with Crippen LogP contribution in [0.25, 0.3) is 0 Å². The first-order chi connectivity index (χ1) is 7.97. The first-order valence-corrected chi connectivity index (χ1v) is 5.46. The van der Waals surface area contributed by atoms with Crippen LogP contribution in [-0.4, -0.2) is 19.4 Å². The number of nitrogen functional groups attached to an aromatic ring is 1. The minimum Gasteiger partial charge on any atom is -0.399 e. The van der Waals surface area contributed by atoms with Gasteiger partial charge < -0.3 is 10.5 Å². The number of anilines is 1. The van der Waals surface area contributed by atoms with Crippen molar-refractivity contribution in [3.63, 3.8) is 0 Å². The lowest BCUT2D eigenvalue weighted by atomic mass is 10.1. The lowest BCUT2D eigenvalue weighted by Crippen LogP contribution is -2.12. The molecular weight excluding hydrogens is 231 g/mol. The predicted molar refractivity (Wildman–Crippen MR) is 60.7 cm³/mol. The third kappa shape index (κ3) is 6.84. The number of rotatable bonds is 6. The molecule has 5 heteroatoms. The van der Waals surface area contributed by atoms with Gasteiger partial charge in [0.25, 0.3) is 0 Å². The molecule has 0 aliphatic heterocycles. The van der Waals surface area contributed by atoms with E-state index in [0.717, 1.165) is 12.0 Å². The number of hydrogen-bond acceptors (Lipinski definition) is 2. The summed E-state index contributed by atoms with van der Waals surface area (Å²) in [5, 5.41) is 0. The molecule has 0 heterocycles. The summed E-state index contributed by atoms with van der Waals surface area (Å²) in [6, 6.07) is 7.43. The number of alkyl halides is 3. The standard InChI is InChI=1S/C12H16F3NO/c13-12(14,15)7-9-17-8-1-2-10-3-5-11(16)6-4-10/h3-6H,1-2,7-9,16H2.